The number of methoxy groups -OCH3 is 1. The van der Waals surface area contributed by atoms with E-state index in [1.165, 1.54) is 12.0 Å². The predicted molar refractivity (Wildman–Crippen MR) is 69.6 cm³/mol. The Morgan fingerprint density at radius 2 is 2.32 bits per heavy atom. The summed E-state index contributed by atoms with van der Waals surface area (Å²) in [5.41, 5.74) is 1.66. The number of carboxylic acid groups (broad SMARTS) is 1. The Bertz CT molecular complexity index is 515. The molecule has 0 aromatic heterocycles. The molecular formula is C13H16N2O4. The Balaban J connectivity index is 2.25. The van der Waals surface area contributed by atoms with Gasteiger partial charge in [-0.05, 0) is 24.6 Å². The number of carbonyl (C=O) groups excluding carboxylic acids is 1. The number of aliphatic carboxylic acids is 1. The number of ether oxygens (including phenoxy) is 1. The van der Waals surface area contributed by atoms with Crippen molar-refractivity contribution in [2.24, 2.45) is 0 Å². The van der Waals surface area contributed by atoms with Crippen LogP contribution in [0.4, 0.5) is 10.5 Å². The van der Waals surface area contributed by atoms with E-state index >= 15 is 0 Å². The summed E-state index contributed by atoms with van der Waals surface area (Å²) in [6.07, 6.45) is -0.0869. The van der Waals surface area contributed by atoms with Crippen LogP contribution in [0.2, 0.25) is 0 Å². The second kappa shape index (κ2) is 5.17. The van der Waals surface area contributed by atoms with Gasteiger partial charge in [-0.2, -0.15) is 0 Å². The maximum Gasteiger partial charge on any atom is 0.322 e. The minimum absolute atomic E-state index is 0.0869. The fraction of sp³-hybridized carbons (Fsp3) is 0.385. The summed E-state index contributed by atoms with van der Waals surface area (Å²) >= 11 is 0. The van der Waals surface area contributed by atoms with Gasteiger partial charge in [0, 0.05) is 6.54 Å². The number of aryl methyl sites for hydroxylation is 1. The molecule has 6 nitrogen and oxygen atoms in total. The van der Waals surface area contributed by atoms with E-state index in [1.807, 2.05) is 19.1 Å². The van der Waals surface area contributed by atoms with Gasteiger partial charge in [-0.15, -0.1) is 0 Å². The van der Waals surface area contributed by atoms with Crippen LogP contribution in [0.3, 0.4) is 0 Å². The van der Waals surface area contributed by atoms with Crippen molar-refractivity contribution in [2.75, 3.05) is 18.6 Å². The van der Waals surface area contributed by atoms with Crippen molar-refractivity contribution in [1.29, 1.82) is 0 Å². The van der Waals surface area contributed by atoms with Crippen molar-refractivity contribution < 1.29 is 19.4 Å². The molecule has 2 amide bonds. The average Bonchev–Trinajstić information content (AvgIpc) is 2.69. The van der Waals surface area contributed by atoms with E-state index in [-0.39, 0.29) is 18.5 Å². The number of hydrogen-bond acceptors (Lipinski definition) is 3. The molecule has 1 fully saturated rings. The van der Waals surface area contributed by atoms with Crippen LogP contribution in [0.5, 0.6) is 5.75 Å². The third-order valence-electron chi connectivity index (χ3n) is 3.02. The lowest BCUT2D eigenvalue weighted by Gasteiger charge is -2.18. The monoisotopic (exact) mass is 264 g/mol. The summed E-state index contributed by atoms with van der Waals surface area (Å²) in [4.78, 5) is 24.1. The third kappa shape index (κ3) is 2.78. The van der Waals surface area contributed by atoms with E-state index in [9.17, 15) is 9.59 Å². The van der Waals surface area contributed by atoms with Crippen molar-refractivity contribution in [3.05, 3.63) is 23.8 Å². The lowest BCUT2D eigenvalue weighted by atomic mass is 10.1. The summed E-state index contributed by atoms with van der Waals surface area (Å²) < 4.78 is 5.24. The van der Waals surface area contributed by atoms with Gasteiger partial charge in [0.1, 0.15) is 5.75 Å². The number of nitrogens with zero attached hydrogens (tertiary/aromatic N) is 1. The lowest BCUT2D eigenvalue weighted by Crippen LogP contribution is -2.29. The zero-order valence-electron chi connectivity index (χ0n) is 10.8. The molecule has 1 heterocycles. The Morgan fingerprint density at radius 3 is 2.95 bits per heavy atom. The van der Waals surface area contributed by atoms with Crippen LogP contribution >= 0.6 is 0 Å². The highest BCUT2D eigenvalue weighted by Gasteiger charge is 2.32. The number of nitrogens with one attached hydrogen (secondary N) is 1. The second-order valence-corrected chi connectivity index (χ2v) is 4.53. The van der Waals surface area contributed by atoms with Gasteiger partial charge < -0.3 is 15.2 Å². The minimum atomic E-state index is -0.927. The molecule has 1 aromatic rings. The molecule has 19 heavy (non-hydrogen) atoms. The molecule has 1 saturated heterocycles. The predicted octanol–water partition coefficient (Wildman–Crippen LogP) is 1.38. The van der Waals surface area contributed by atoms with Crippen LogP contribution in [0, 0.1) is 6.92 Å². The van der Waals surface area contributed by atoms with Crippen LogP contribution in [0.15, 0.2) is 18.2 Å². The molecule has 1 aliphatic rings. The SMILES string of the molecule is COc1ccc(C)cc1N1CC(CC(=O)O)NC1=O. The van der Waals surface area contributed by atoms with E-state index < -0.39 is 5.97 Å². The molecule has 1 aliphatic heterocycles. The highest BCUT2D eigenvalue weighted by Crippen LogP contribution is 2.31. The van der Waals surface area contributed by atoms with Crippen molar-refractivity contribution >= 4 is 17.7 Å². The van der Waals surface area contributed by atoms with Gasteiger partial charge in [-0.3, -0.25) is 9.69 Å². The number of carboxylic acids is 1. The molecule has 102 valence electrons. The lowest BCUT2D eigenvalue weighted by molar-refractivity contribution is -0.137. The first-order chi connectivity index (χ1) is 9.01. The van der Waals surface area contributed by atoms with Gasteiger partial charge in [0.15, 0.2) is 0 Å². The molecule has 0 aliphatic carbocycles. The molecule has 0 bridgehead atoms. The molecule has 1 aromatic carbocycles. The molecule has 1 unspecified atom stereocenters. The molecule has 6 heteroatoms. The largest absolute Gasteiger partial charge is 0.495 e. The number of hydrogen-bond donors (Lipinski definition) is 2. The zero-order valence-corrected chi connectivity index (χ0v) is 10.8. The van der Waals surface area contributed by atoms with E-state index in [0.717, 1.165) is 5.56 Å². The average molecular weight is 264 g/mol. The number of benzene rings is 1. The first-order valence-corrected chi connectivity index (χ1v) is 5.95. The molecule has 1 atom stereocenters. The maximum absolute atomic E-state index is 11.9. The minimum Gasteiger partial charge on any atom is -0.495 e. The smallest absolute Gasteiger partial charge is 0.322 e. The van der Waals surface area contributed by atoms with Gasteiger partial charge in [-0.25, -0.2) is 4.79 Å². The van der Waals surface area contributed by atoms with Gasteiger partial charge >= 0.3 is 12.0 Å². The zero-order chi connectivity index (χ0) is 14.0. The topological polar surface area (TPSA) is 78.9 Å². The van der Waals surface area contributed by atoms with Gasteiger partial charge in [0.25, 0.3) is 0 Å². The Hall–Kier alpha value is -2.24. The van der Waals surface area contributed by atoms with E-state index in [1.54, 1.807) is 6.07 Å². The van der Waals surface area contributed by atoms with E-state index in [2.05, 4.69) is 5.32 Å². The number of anilines is 1. The van der Waals surface area contributed by atoms with Crippen LogP contribution in [-0.4, -0.2) is 36.8 Å². The quantitative estimate of drug-likeness (QED) is 0.861. The number of urea groups is 1. The van der Waals surface area contributed by atoms with Crippen LogP contribution in [-0.2, 0) is 4.79 Å². The third-order valence-corrected chi connectivity index (χ3v) is 3.02. The number of carbonyl (C=O) groups is 2. The Morgan fingerprint density at radius 1 is 1.58 bits per heavy atom. The second-order valence-electron chi connectivity index (χ2n) is 4.53. The summed E-state index contributed by atoms with van der Waals surface area (Å²) in [5, 5.41) is 11.4. The highest BCUT2D eigenvalue weighted by molar-refractivity contribution is 5.96. The summed E-state index contributed by atoms with van der Waals surface area (Å²) in [6.45, 7) is 2.25. The van der Waals surface area contributed by atoms with Gasteiger partial charge in [0.05, 0.1) is 25.3 Å². The standard InChI is InChI=1S/C13H16N2O4/c1-8-3-4-11(19-2)10(5-8)15-7-9(6-12(16)17)14-13(15)18/h3-5,9H,6-7H2,1-2H3,(H,14,18)(H,16,17). The van der Waals surface area contributed by atoms with Crippen molar-refractivity contribution in [2.45, 2.75) is 19.4 Å². The highest BCUT2D eigenvalue weighted by atomic mass is 16.5. The Kier molecular flexibility index (Phi) is 3.59. The van der Waals surface area contributed by atoms with Crippen LogP contribution in [0.1, 0.15) is 12.0 Å². The van der Waals surface area contributed by atoms with Gasteiger partial charge in [0.2, 0.25) is 0 Å². The molecule has 0 saturated carbocycles. The molecule has 0 radical (unpaired) electrons. The van der Waals surface area contributed by atoms with Gasteiger partial charge in [-0.1, -0.05) is 6.07 Å². The van der Waals surface area contributed by atoms with E-state index in [0.29, 0.717) is 18.0 Å². The fourth-order valence-corrected chi connectivity index (χ4v) is 2.15. The Labute approximate surface area is 111 Å². The van der Waals surface area contributed by atoms with Crippen molar-refractivity contribution in [1.82, 2.24) is 5.32 Å². The summed E-state index contributed by atoms with van der Waals surface area (Å²) in [5.74, 6) is -0.333. The number of rotatable bonds is 4. The first-order valence-electron chi connectivity index (χ1n) is 5.95. The molecule has 2 N–H and O–H groups in total. The molecule has 0 spiro atoms. The maximum atomic E-state index is 11.9. The van der Waals surface area contributed by atoms with E-state index in [4.69, 9.17) is 9.84 Å². The van der Waals surface area contributed by atoms with Crippen LogP contribution in [0.25, 0.3) is 0 Å². The normalized spacial score (nSPS) is 18.3. The number of amides is 2. The molecule has 2 rings (SSSR count). The molecular weight excluding hydrogens is 248 g/mol. The van der Waals surface area contributed by atoms with Crippen molar-refractivity contribution in [3.63, 3.8) is 0 Å². The van der Waals surface area contributed by atoms with Crippen molar-refractivity contribution in [3.8, 4) is 5.75 Å². The summed E-state index contributed by atoms with van der Waals surface area (Å²) in [6, 6.07) is 4.86. The van der Waals surface area contributed by atoms with Crippen LogP contribution < -0.4 is 15.0 Å². The summed E-state index contributed by atoms with van der Waals surface area (Å²) in [7, 11) is 1.54. The first kappa shape index (κ1) is 13.2. The fourth-order valence-electron chi connectivity index (χ4n) is 2.15.